The number of carbonyl (C=O) groups is 1. The normalized spacial score (nSPS) is 16.5. The molecule has 2 N–H and O–H groups in total. The van der Waals surface area contributed by atoms with Gasteiger partial charge in [0.1, 0.15) is 6.61 Å². The molecule has 6 heteroatoms. The molecule has 1 heterocycles. The van der Waals surface area contributed by atoms with Gasteiger partial charge in [-0.1, -0.05) is 30.3 Å². The van der Waals surface area contributed by atoms with Crippen LogP contribution in [0, 0.1) is 0 Å². The lowest BCUT2D eigenvalue weighted by Crippen LogP contribution is -2.47. The number of piperidine rings is 1. The summed E-state index contributed by atoms with van der Waals surface area (Å²) in [7, 11) is 3.12. The van der Waals surface area contributed by atoms with Crippen LogP contribution in [0.3, 0.4) is 0 Å². The zero-order valence-corrected chi connectivity index (χ0v) is 16.5. The Morgan fingerprint density at radius 1 is 1.11 bits per heavy atom. The molecule has 1 atom stereocenters. The molecule has 2 aromatic rings. The van der Waals surface area contributed by atoms with E-state index in [2.05, 4.69) is 0 Å². The van der Waals surface area contributed by atoms with Crippen LogP contribution in [-0.2, 0) is 6.61 Å². The van der Waals surface area contributed by atoms with Crippen molar-refractivity contribution < 1.29 is 19.0 Å². The summed E-state index contributed by atoms with van der Waals surface area (Å²) in [6.07, 6.45) is 3.04. The third-order valence-electron chi connectivity index (χ3n) is 5.09. The second kappa shape index (κ2) is 9.46. The zero-order valence-electron chi connectivity index (χ0n) is 16.5. The van der Waals surface area contributed by atoms with Crippen LogP contribution < -0.4 is 19.9 Å². The number of nitrogens with zero attached hydrogens (tertiary/aromatic N) is 1. The van der Waals surface area contributed by atoms with Gasteiger partial charge in [-0.3, -0.25) is 4.79 Å². The second-order valence-corrected chi connectivity index (χ2v) is 6.87. The molecule has 1 aliphatic heterocycles. The summed E-state index contributed by atoms with van der Waals surface area (Å²) in [5.41, 5.74) is 7.43. The van der Waals surface area contributed by atoms with Crippen LogP contribution >= 0.6 is 0 Å². The molecule has 6 nitrogen and oxygen atoms in total. The topological polar surface area (TPSA) is 74.0 Å². The van der Waals surface area contributed by atoms with E-state index in [1.807, 2.05) is 35.2 Å². The van der Waals surface area contributed by atoms with Crippen LogP contribution in [0.1, 0.15) is 35.2 Å². The fourth-order valence-electron chi connectivity index (χ4n) is 3.55. The minimum Gasteiger partial charge on any atom is -0.493 e. The Kier molecular flexibility index (Phi) is 6.76. The van der Waals surface area contributed by atoms with E-state index in [0.717, 1.165) is 31.4 Å². The molecular weight excluding hydrogens is 356 g/mol. The molecular formula is C22H28N2O4. The summed E-state index contributed by atoms with van der Waals surface area (Å²) >= 11 is 0. The average Bonchev–Trinajstić information content (AvgIpc) is 2.77. The standard InChI is InChI=1S/C22H28N2O4/c1-26-19-12-17(22(25)24-11-7-6-10-18(24)14-23)13-20(27-2)21(19)28-15-16-8-4-3-5-9-16/h3-5,8-9,12-13,18H,6-7,10-11,14-15,23H2,1-2H3. The van der Waals surface area contributed by atoms with E-state index in [1.54, 1.807) is 26.4 Å². The summed E-state index contributed by atoms with van der Waals surface area (Å²) in [5.74, 6) is 1.38. The molecule has 0 aromatic heterocycles. The molecule has 2 aromatic carbocycles. The lowest BCUT2D eigenvalue weighted by atomic mass is 10.0. The first-order valence-corrected chi connectivity index (χ1v) is 9.61. The number of rotatable bonds is 7. The van der Waals surface area contributed by atoms with E-state index >= 15 is 0 Å². The number of carbonyl (C=O) groups excluding carboxylic acids is 1. The first kappa shape index (κ1) is 20.0. The van der Waals surface area contributed by atoms with Gasteiger partial charge in [-0.2, -0.15) is 0 Å². The SMILES string of the molecule is COc1cc(C(=O)N2CCCCC2CN)cc(OC)c1OCc1ccccc1. The fourth-order valence-corrected chi connectivity index (χ4v) is 3.55. The van der Waals surface area contributed by atoms with Gasteiger partial charge >= 0.3 is 0 Å². The van der Waals surface area contributed by atoms with Crippen molar-refractivity contribution in [1.82, 2.24) is 4.90 Å². The summed E-state index contributed by atoms with van der Waals surface area (Å²) < 4.78 is 17.0. The molecule has 1 fully saturated rings. The number of benzene rings is 2. The smallest absolute Gasteiger partial charge is 0.254 e. The number of hydrogen-bond donors (Lipinski definition) is 1. The highest BCUT2D eigenvalue weighted by Crippen LogP contribution is 2.39. The predicted molar refractivity (Wildman–Crippen MR) is 108 cm³/mol. The van der Waals surface area contributed by atoms with Crippen molar-refractivity contribution in [3.8, 4) is 17.2 Å². The van der Waals surface area contributed by atoms with E-state index in [-0.39, 0.29) is 11.9 Å². The van der Waals surface area contributed by atoms with Crippen molar-refractivity contribution in [2.24, 2.45) is 5.73 Å². The van der Waals surface area contributed by atoms with Crippen LogP contribution in [0.25, 0.3) is 0 Å². The van der Waals surface area contributed by atoms with Crippen LogP contribution in [0.4, 0.5) is 0 Å². The molecule has 28 heavy (non-hydrogen) atoms. The Hall–Kier alpha value is -2.73. The van der Waals surface area contributed by atoms with E-state index in [9.17, 15) is 4.79 Å². The van der Waals surface area contributed by atoms with Gasteiger partial charge in [0.05, 0.1) is 14.2 Å². The van der Waals surface area contributed by atoms with Gasteiger partial charge in [-0.25, -0.2) is 0 Å². The van der Waals surface area contributed by atoms with Crippen molar-refractivity contribution in [3.63, 3.8) is 0 Å². The molecule has 1 amide bonds. The molecule has 1 unspecified atom stereocenters. The fraction of sp³-hybridized carbons (Fsp3) is 0.409. The summed E-state index contributed by atoms with van der Waals surface area (Å²) in [5, 5.41) is 0. The van der Waals surface area contributed by atoms with Crippen molar-refractivity contribution >= 4 is 5.91 Å². The van der Waals surface area contributed by atoms with Crippen LogP contribution in [0.15, 0.2) is 42.5 Å². The van der Waals surface area contributed by atoms with Crippen LogP contribution in [0.5, 0.6) is 17.2 Å². The Bertz CT molecular complexity index is 769. The van der Waals surface area contributed by atoms with E-state index in [1.165, 1.54) is 0 Å². The molecule has 150 valence electrons. The molecule has 0 aliphatic carbocycles. The Morgan fingerprint density at radius 3 is 2.39 bits per heavy atom. The molecule has 1 saturated heterocycles. The highest BCUT2D eigenvalue weighted by atomic mass is 16.5. The monoisotopic (exact) mass is 384 g/mol. The molecule has 0 bridgehead atoms. The highest BCUT2D eigenvalue weighted by molar-refractivity contribution is 5.96. The average molecular weight is 384 g/mol. The van der Waals surface area contributed by atoms with Crippen molar-refractivity contribution in [3.05, 3.63) is 53.6 Å². The lowest BCUT2D eigenvalue weighted by molar-refractivity contribution is 0.0622. The second-order valence-electron chi connectivity index (χ2n) is 6.87. The van der Waals surface area contributed by atoms with Gasteiger partial charge in [0.25, 0.3) is 5.91 Å². The number of methoxy groups -OCH3 is 2. The van der Waals surface area contributed by atoms with Gasteiger partial charge in [0.15, 0.2) is 11.5 Å². The number of amides is 1. The highest BCUT2D eigenvalue weighted by Gasteiger charge is 2.28. The largest absolute Gasteiger partial charge is 0.493 e. The third-order valence-corrected chi connectivity index (χ3v) is 5.09. The maximum atomic E-state index is 13.1. The minimum atomic E-state index is -0.0543. The number of likely N-dealkylation sites (tertiary alicyclic amines) is 1. The van der Waals surface area contributed by atoms with Crippen molar-refractivity contribution in [2.75, 3.05) is 27.3 Å². The molecule has 3 rings (SSSR count). The summed E-state index contributed by atoms with van der Waals surface area (Å²) in [4.78, 5) is 15.0. The lowest BCUT2D eigenvalue weighted by Gasteiger charge is -2.35. The van der Waals surface area contributed by atoms with Gasteiger partial charge in [-0.05, 0) is 37.0 Å². The van der Waals surface area contributed by atoms with Gasteiger partial charge < -0.3 is 24.8 Å². The van der Waals surface area contributed by atoms with Gasteiger partial charge in [0, 0.05) is 24.7 Å². The van der Waals surface area contributed by atoms with Crippen LogP contribution in [0.2, 0.25) is 0 Å². The van der Waals surface area contributed by atoms with Gasteiger partial charge in [-0.15, -0.1) is 0 Å². The van der Waals surface area contributed by atoms with E-state index in [0.29, 0.717) is 36.0 Å². The van der Waals surface area contributed by atoms with E-state index in [4.69, 9.17) is 19.9 Å². The maximum Gasteiger partial charge on any atom is 0.254 e. The first-order valence-electron chi connectivity index (χ1n) is 9.61. The van der Waals surface area contributed by atoms with E-state index < -0.39 is 0 Å². The van der Waals surface area contributed by atoms with Crippen LogP contribution in [-0.4, -0.2) is 44.2 Å². The Morgan fingerprint density at radius 2 is 1.79 bits per heavy atom. The first-order chi connectivity index (χ1) is 13.7. The molecule has 0 saturated carbocycles. The summed E-state index contributed by atoms with van der Waals surface area (Å²) in [6, 6.07) is 13.4. The summed E-state index contributed by atoms with van der Waals surface area (Å²) in [6.45, 7) is 1.57. The van der Waals surface area contributed by atoms with Crippen molar-refractivity contribution in [2.45, 2.75) is 31.9 Å². The third kappa shape index (κ3) is 4.39. The predicted octanol–water partition coefficient (Wildman–Crippen LogP) is 3.24. The minimum absolute atomic E-state index is 0.0543. The molecule has 1 aliphatic rings. The number of hydrogen-bond acceptors (Lipinski definition) is 5. The quantitative estimate of drug-likeness (QED) is 0.793. The maximum absolute atomic E-state index is 13.1. The number of nitrogens with two attached hydrogens (primary N) is 1. The molecule has 0 spiro atoms. The Balaban J connectivity index is 1.86. The Labute approximate surface area is 166 Å². The van der Waals surface area contributed by atoms with Gasteiger partial charge in [0.2, 0.25) is 5.75 Å². The molecule has 0 radical (unpaired) electrons. The zero-order chi connectivity index (χ0) is 19.9. The number of ether oxygens (including phenoxy) is 3. The van der Waals surface area contributed by atoms with Crippen molar-refractivity contribution in [1.29, 1.82) is 0 Å².